The van der Waals surface area contributed by atoms with Gasteiger partial charge in [-0.15, -0.1) is 0 Å². The van der Waals surface area contributed by atoms with Crippen LogP contribution in [0, 0.1) is 5.82 Å². The topological polar surface area (TPSA) is 62.2 Å². The lowest BCUT2D eigenvalue weighted by Crippen LogP contribution is -2.29. The molecular weight excluding hydrogens is 329 g/mol. The molecule has 1 atom stereocenters. The van der Waals surface area contributed by atoms with Crippen LogP contribution in [0.25, 0.3) is 0 Å². The number of carbonyl (C=O) groups is 1. The second kappa shape index (κ2) is 7.98. The van der Waals surface area contributed by atoms with E-state index in [1.165, 1.54) is 42.6 Å². The average Bonchev–Trinajstić information content (AvgIpc) is 2.53. The number of hydrogen-bond donors (Lipinski definition) is 2. The maximum Gasteiger partial charge on any atom is 0.290 e. The number of carbonyl (C=O) groups excluding carboxylic acids is 1. The highest BCUT2D eigenvalue weighted by Crippen LogP contribution is 2.26. The van der Waals surface area contributed by atoms with Crippen LogP contribution in [0.15, 0.2) is 47.6 Å². The second-order valence-electron chi connectivity index (χ2n) is 4.51. The Morgan fingerprint density at radius 1 is 1.26 bits per heavy atom. The molecule has 1 heterocycles. The normalized spacial score (nSPS) is 12.2. The number of pyridine rings is 1. The summed E-state index contributed by atoms with van der Waals surface area (Å²) in [6.45, 7) is -0.141. The molecule has 23 heavy (non-hydrogen) atoms. The van der Waals surface area contributed by atoms with Crippen molar-refractivity contribution in [2.75, 3.05) is 6.54 Å². The van der Waals surface area contributed by atoms with Gasteiger partial charge in [0.15, 0.2) is 0 Å². The minimum atomic E-state index is -2.69. The van der Waals surface area contributed by atoms with Gasteiger partial charge in [-0.25, -0.2) is 9.37 Å². The van der Waals surface area contributed by atoms with Crippen LogP contribution < -0.4 is 5.32 Å². The van der Waals surface area contributed by atoms with E-state index >= 15 is 0 Å². The fourth-order valence-electron chi connectivity index (χ4n) is 1.83. The number of halogens is 3. The van der Waals surface area contributed by atoms with Crippen LogP contribution in [-0.2, 0) is 0 Å². The number of thioether (sulfide) groups is 1. The van der Waals surface area contributed by atoms with Crippen LogP contribution in [0.5, 0.6) is 0 Å². The van der Waals surface area contributed by atoms with E-state index in [1.54, 1.807) is 0 Å². The van der Waals surface area contributed by atoms with E-state index in [1.807, 2.05) is 0 Å². The Morgan fingerprint density at radius 2 is 1.96 bits per heavy atom. The van der Waals surface area contributed by atoms with E-state index in [0.717, 1.165) is 0 Å². The van der Waals surface area contributed by atoms with Crippen molar-refractivity contribution in [2.45, 2.75) is 16.9 Å². The van der Waals surface area contributed by atoms with Crippen LogP contribution in [0.3, 0.4) is 0 Å². The number of aliphatic hydroxyl groups is 1. The summed E-state index contributed by atoms with van der Waals surface area (Å²) in [5.41, 5.74) is 0.434. The first-order valence-corrected chi connectivity index (χ1v) is 7.47. The molecule has 0 aliphatic carbocycles. The summed E-state index contributed by atoms with van der Waals surface area (Å²) < 4.78 is 37.7. The number of nitrogens with zero attached hydrogens (tertiary/aromatic N) is 1. The lowest BCUT2D eigenvalue weighted by atomic mass is 10.1. The number of amides is 1. The molecule has 2 aromatic rings. The summed E-state index contributed by atoms with van der Waals surface area (Å²) in [5, 5.41) is 12.3. The third-order valence-corrected chi connectivity index (χ3v) is 3.65. The molecule has 0 aliphatic heterocycles. The first-order valence-electron chi connectivity index (χ1n) is 6.59. The zero-order valence-electron chi connectivity index (χ0n) is 11.7. The van der Waals surface area contributed by atoms with Gasteiger partial charge in [-0.3, -0.25) is 4.79 Å². The fraction of sp³-hybridized carbons (Fsp3) is 0.200. The first-order chi connectivity index (χ1) is 11.0. The number of rotatable bonds is 6. The Balaban J connectivity index is 2.01. The van der Waals surface area contributed by atoms with Gasteiger partial charge in [-0.1, -0.05) is 12.1 Å². The van der Waals surface area contributed by atoms with Gasteiger partial charge in [-0.05, 0) is 41.6 Å². The zero-order valence-corrected chi connectivity index (χ0v) is 12.6. The predicted molar refractivity (Wildman–Crippen MR) is 79.8 cm³/mol. The van der Waals surface area contributed by atoms with Crippen molar-refractivity contribution in [2.24, 2.45) is 0 Å². The minimum absolute atomic E-state index is 0.00380. The number of aliphatic hydroxyl groups excluding tert-OH is 1. The van der Waals surface area contributed by atoms with E-state index in [2.05, 4.69) is 10.3 Å². The molecule has 1 unspecified atom stereocenters. The Labute approximate surface area is 134 Å². The average molecular weight is 342 g/mol. The highest BCUT2D eigenvalue weighted by molar-refractivity contribution is 7.99. The Hall–Kier alpha value is -2.06. The van der Waals surface area contributed by atoms with Crippen LogP contribution in [0.2, 0.25) is 0 Å². The molecule has 0 bridgehead atoms. The Morgan fingerprint density at radius 3 is 2.61 bits per heavy atom. The van der Waals surface area contributed by atoms with Gasteiger partial charge in [0.1, 0.15) is 10.8 Å². The van der Waals surface area contributed by atoms with Gasteiger partial charge in [0.25, 0.3) is 11.7 Å². The maximum absolute atomic E-state index is 12.8. The quantitative estimate of drug-likeness (QED) is 0.792. The predicted octanol–water partition coefficient (Wildman–Crippen LogP) is 3.00. The number of nitrogens with one attached hydrogen (secondary N) is 1. The van der Waals surface area contributed by atoms with Gasteiger partial charge < -0.3 is 10.4 Å². The highest BCUT2D eigenvalue weighted by Gasteiger charge is 2.17. The maximum atomic E-state index is 12.8. The van der Waals surface area contributed by atoms with Crippen LogP contribution in [0.4, 0.5) is 13.2 Å². The SMILES string of the molecule is O=C(NCC(O)c1ccc(F)cc1)c1cccnc1SC(F)F. The van der Waals surface area contributed by atoms with E-state index in [4.69, 9.17) is 0 Å². The molecule has 122 valence electrons. The molecule has 0 spiro atoms. The molecule has 2 rings (SSSR count). The molecule has 0 aliphatic rings. The van der Waals surface area contributed by atoms with Gasteiger partial charge >= 0.3 is 0 Å². The zero-order chi connectivity index (χ0) is 16.8. The molecule has 4 nitrogen and oxygen atoms in total. The number of alkyl halides is 2. The summed E-state index contributed by atoms with van der Waals surface area (Å²) >= 11 is 0.176. The molecular formula is C15H13F3N2O2S. The molecule has 1 amide bonds. The Kier molecular flexibility index (Phi) is 6.00. The van der Waals surface area contributed by atoms with E-state index in [-0.39, 0.29) is 28.9 Å². The van der Waals surface area contributed by atoms with Gasteiger partial charge in [0.05, 0.1) is 11.7 Å². The first kappa shape index (κ1) is 17.3. The molecule has 1 aromatic heterocycles. The fourth-order valence-corrected chi connectivity index (χ4v) is 2.41. The van der Waals surface area contributed by atoms with Crippen molar-refractivity contribution in [3.05, 3.63) is 59.5 Å². The van der Waals surface area contributed by atoms with E-state index in [9.17, 15) is 23.1 Å². The minimum Gasteiger partial charge on any atom is -0.387 e. The third kappa shape index (κ3) is 4.97. The summed E-state index contributed by atoms with van der Waals surface area (Å²) in [4.78, 5) is 15.8. The summed E-state index contributed by atoms with van der Waals surface area (Å²) in [7, 11) is 0. The van der Waals surface area contributed by atoms with Crippen LogP contribution in [-0.4, -0.2) is 28.3 Å². The lowest BCUT2D eigenvalue weighted by molar-refractivity contribution is 0.0912. The summed E-state index contributed by atoms with van der Waals surface area (Å²) in [6, 6.07) is 8.01. The standard InChI is InChI=1S/C15H13F3N2O2S/c16-10-5-3-9(4-6-10)12(21)8-20-13(22)11-2-1-7-19-14(11)23-15(17)18/h1-7,12,15,21H,8H2,(H,20,22). The van der Waals surface area contributed by atoms with Gasteiger partial charge in [0, 0.05) is 12.7 Å². The largest absolute Gasteiger partial charge is 0.387 e. The molecule has 2 N–H and O–H groups in total. The smallest absolute Gasteiger partial charge is 0.290 e. The summed E-state index contributed by atoms with van der Waals surface area (Å²) in [5.74, 6) is -3.75. The number of benzene rings is 1. The van der Waals surface area contributed by atoms with Gasteiger partial charge in [-0.2, -0.15) is 8.78 Å². The van der Waals surface area contributed by atoms with Gasteiger partial charge in [0.2, 0.25) is 0 Å². The molecule has 0 fully saturated rings. The molecule has 1 aromatic carbocycles. The van der Waals surface area contributed by atoms with Crippen molar-refractivity contribution in [1.82, 2.24) is 10.3 Å². The highest BCUT2D eigenvalue weighted by atomic mass is 32.2. The van der Waals surface area contributed by atoms with Crippen molar-refractivity contribution in [3.8, 4) is 0 Å². The lowest BCUT2D eigenvalue weighted by Gasteiger charge is -2.13. The molecule has 8 heteroatoms. The van der Waals surface area contributed by atoms with Crippen molar-refractivity contribution >= 4 is 17.7 Å². The Bertz CT molecular complexity index is 668. The van der Waals surface area contributed by atoms with E-state index in [0.29, 0.717) is 5.56 Å². The molecule has 0 saturated heterocycles. The van der Waals surface area contributed by atoms with Crippen molar-refractivity contribution in [1.29, 1.82) is 0 Å². The van der Waals surface area contributed by atoms with Crippen molar-refractivity contribution in [3.63, 3.8) is 0 Å². The molecule has 0 radical (unpaired) electrons. The van der Waals surface area contributed by atoms with Crippen molar-refractivity contribution < 1.29 is 23.1 Å². The van der Waals surface area contributed by atoms with Crippen LogP contribution >= 0.6 is 11.8 Å². The molecule has 0 saturated carbocycles. The summed E-state index contributed by atoms with van der Waals surface area (Å²) in [6.07, 6.45) is 0.275. The number of hydrogen-bond acceptors (Lipinski definition) is 4. The third-order valence-electron chi connectivity index (χ3n) is 2.93. The van der Waals surface area contributed by atoms with E-state index < -0.39 is 23.6 Å². The monoisotopic (exact) mass is 342 g/mol. The number of aromatic nitrogens is 1. The second-order valence-corrected chi connectivity index (χ2v) is 5.49. The van der Waals surface area contributed by atoms with Crippen LogP contribution in [0.1, 0.15) is 22.0 Å².